The summed E-state index contributed by atoms with van der Waals surface area (Å²) in [5.74, 6) is -0.450. The number of nitrogens with one attached hydrogen (secondary N) is 2. The number of para-hydroxylation sites is 2. The van der Waals surface area contributed by atoms with Gasteiger partial charge in [-0.3, -0.25) is 14.5 Å². The van der Waals surface area contributed by atoms with Gasteiger partial charge in [0, 0.05) is 51.9 Å². The summed E-state index contributed by atoms with van der Waals surface area (Å²) in [5, 5.41) is 1.88. The number of hydrogen-bond donors (Lipinski definition) is 2. The molecule has 2 amide bonds. The van der Waals surface area contributed by atoms with Crippen LogP contribution < -0.4 is 0 Å². The van der Waals surface area contributed by atoms with Crippen LogP contribution in [0.25, 0.3) is 33.0 Å². The van der Waals surface area contributed by atoms with Crippen molar-refractivity contribution >= 4 is 44.8 Å². The zero-order valence-electron chi connectivity index (χ0n) is 15.5. The Bertz CT molecular complexity index is 1180. The molecule has 4 aromatic rings. The average Bonchev–Trinajstić information content (AvgIpc) is 3.39. The third-order valence-electron chi connectivity index (χ3n) is 5.33. The van der Waals surface area contributed by atoms with Gasteiger partial charge in [0.05, 0.1) is 11.1 Å². The number of carbonyl (C=O) groups is 2. The molecule has 2 aromatic carbocycles. The van der Waals surface area contributed by atoms with Gasteiger partial charge in [-0.2, -0.15) is 0 Å². The van der Waals surface area contributed by atoms with Crippen LogP contribution in [0, 0.1) is 0 Å². The van der Waals surface area contributed by atoms with E-state index in [9.17, 15) is 9.59 Å². The second kappa shape index (κ2) is 6.23. The van der Waals surface area contributed by atoms with E-state index in [1.54, 1.807) is 0 Å². The van der Waals surface area contributed by atoms with E-state index in [0.717, 1.165) is 39.4 Å². The molecule has 2 N–H and O–H groups in total. The summed E-state index contributed by atoms with van der Waals surface area (Å²) in [4.78, 5) is 34.4. The lowest BCUT2D eigenvalue weighted by atomic mass is 9.95. The number of fused-ring (bicyclic) bond motifs is 2. The molecule has 0 saturated carbocycles. The molecule has 2 aromatic heterocycles. The minimum absolute atomic E-state index is 0.225. The number of benzene rings is 2. The van der Waals surface area contributed by atoms with Crippen LogP contribution in [0.15, 0.2) is 60.9 Å². The Morgan fingerprint density at radius 3 is 1.68 bits per heavy atom. The van der Waals surface area contributed by atoms with Crippen molar-refractivity contribution in [3.8, 4) is 0 Å². The predicted octanol–water partition coefficient (Wildman–Crippen LogP) is 4.34. The van der Waals surface area contributed by atoms with E-state index in [1.165, 1.54) is 4.90 Å². The lowest BCUT2D eigenvalue weighted by molar-refractivity contribution is -0.136. The number of aromatic amines is 2. The Hall–Kier alpha value is -3.60. The summed E-state index contributed by atoms with van der Waals surface area (Å²) >= 11 is 0. The van der Waals surface area contributed by atoms with Gasteiger partial charge in [-0.05, 0) is 18.6 Å². The van der Waals surface area contributed by atoms with Crippen molar-refractivity contribution in [3.05, 3.63) is 72.1 Å². The largest absolute Gasteiger partial charge is 0.361 e. The van der Waals surface area contributed by atoms with Gasteiger partial charge >= 0.3 is 0 Å². The predicted molar refractivity (Wildman–Crippen MR) is 110 cm³/mol. The van der Waals surface area contributed by atoms with Gasteiger partial charge in [0.2, 0.25) is 0 Å². The van der Waals surface area contributed by atoms with E-state index >= 15 is 0 Å². The number of carbonyl (C=O) groups excluding carboxylic acids is 2. The standard InChI is InChI=1S/C23H19N3O2/c1-2-11-26-22(27)20(16-12-24-18-9-5-3-7-14(16)18)21(23(26)28)17-13-25-19-10-6-4-8-15(17)19/h3-10,12-13,24-25H,2,11H2,1H3. The van der Waals surface area contributed by atoms with Crippen LogP contribution in [-0.2, 0) is 9.59 Å². The summed E-state index contributed by atoms with van der Waals surface area (Å²) in [6.07, 6.45) is 4.38. The number of amides is 2. The van der Waals surface area contributed by atoms with Crippen LogP contribution in [0.1, 0.15) is 24.5 Å². The minimum Gasteiger partial charge on any atom is -0.361 e. The van der Waals surface area contributed by atoms with E-state index in [-0.39, 0.29) is 11.8 Å². The summed E-state index contributed by atoms with van der Waals surface area (Å²) in [6.45, 7) is 2.38. The van der Waals surface area contributed by atoms with Crippen molar-refractivity contribution in [2.75, 3.05) is 6.54 Å². The average molecular weight is 369 g/mol. The molecule has 0 fully saturated rings. The number of H-pyrrole nitrogens is 2. The molecular weight excluding hydrogens is 350 g/mol. The number of nitrogens with zero attached hydrogens (tertiary/aromatic N) is 1. The van der Waals surface area contributed by atoms with Gasteiger partial charge in [-0.25, -0.2) is 0 Å². The number of aromatic nitrogens is 2. The molecule has 5 rings (SSSR count). The quantitative estimate of drug-likeness (QED) is 0.526. The van der Waals surface area contributed by atoms with Crippen LogP contribution in [0.4, 0.5) is 0 Å². The smallest absolute Gasteiger partial charge is 0.262 e. The highest BCUT2D eigenvalue weighted by Gasteiger charge is 2.40. The topological polar surface area (TPSA) is 69.0 Å². The number of rotatable bonds is 4. The van der Waals surface area contributed by atoms with Crippen molar-refractivity contribution in [2.45, 2.75) is 13.3 Å². The highest BCUT2D eigenvalue weighted by atomic mass is 16.2. The normalized spacial score (nSPS) is 14.8. The second-order valence-electron chi connectivity index (χ2n) is 7.01. The third kappa shape index (κ3) is 2.26. The van der Waals surface area contributed by atoms with Gasteiger partial charge in [0.25, 0.3) is 11.8 Å². The molecule has 28 heavy (non-hydrogen) atoms. The summed E-state index contributed by atoms with van der Waals surface area (Å²) in [5.41, 5.74) is 4.37. The molecule has 0 bridgehead atoms. The number of hydrogen-bond acceptors (Lipinski definition) is 2. The first-order chi connectivity index (χ1) is 13.7. The lowest BCUT2D eigenvalue weighted by Gasteiger charge is -2.13. The van der Waals surface area contributed by atoms with Gasteiger partial charge in [-0.15, -0.1) is 0 Å². The molecule has 5 nitrogen and oxygen atoms in total. The van der Waals surface area contributed by atoms with Gasteiger partial charge < -0.3 is 9.97 Å². The maximum absolute atomic E-state index is 13.3. The van der Waals surface area contributed by atoms with Crippen LogP contribution in [-0.4, -0.2) is 33.2 Å². The molecule has 1 aliphatic heterocycles. The van der Waals surface area contributed by atoms with E-state index in [0.29, 0.717) is 17.7 Å². The Balaban J connectivity index is 1.82. The van der Waals surface area contributed by atoms with Crippen molar-refractivity contribution in [1.82, 2.24) is 14.9 Å². The van der Waals surface area contributed by atoms with E-state index in [4.69, 9.17) is 0 Å². The maximum Gasteiger partial charge on any atom is 0.262 e. The monoisotopic (exact) mass is 369 g/mol. The van der Waals surface area contributed by atoms with Gasteiger partial charge in [0.1, 0.15) is 0 Å². The summed E-state index contributed by atoms with van der Waals surface area (Å²) in [7, 11) is 0. The van der Waals surface area contributed by atoms with Crippen molar-refractivity contribution in [2.24, 2.45) is 0 Å². The minimum atomic E-state index is -0.225. The molecule has 0 unspecified atom stereocenters. The SMILES string of the molecule is CCCN1C(=O)C(c2c[nH]c3ccccc23)=C(c2c[nH]c3ccccc23)C1=O. The van der Waals surface area contributed by atoms with Crippen molar-refractivity contribution in [1.29, 1.82) is 0 Å². The van der Waals surface area contributed by atoms with E-state index < -0.39 is 0 Å². The molecule has 0 radical (unpaired) electrons. The Morgan fingerprint density at radius 1 is 0.750 bits per heavy atom. The first-order valence-electron chi connectivity index (χ1n) is 9.44. The van der Waals surface area contributed by atoms with Crippen molar-refractivity contribution in [3.63, 3.8) is 0 Å². The van der Waals surface area contributed by atoms with Crippen LogP contribution in [0.3, 0.4) is 0 Å². The second-order valence-corrected chi connectivity index (χ2v) is 7.01. The van der Waals surface area contributed by atoms with Crippen molar-refractivity contribution < 1.29 is 9.59 Å². The molecular formula is C23H19N3O2. The first kappa shape index (κ1) is 16.6. The summed E-state index contributed by atoms with van der Waals surface area (Å²) in [6, 6.07) is 15.7. The molecule has 138 valence electrons. The zero-order chi connectivity index (χ0) is 19.3. The fraction of sp³-hybridized carbons (Fsp3) is 0.130. The third-order valence-corrected chi connectivity index (χ3v) is 5.33. The molecule has 0 spiro atoms. The van der Waals surface area contributed by atoms with Gasteiger partial charge in [0.15, 0.2) is 0 Å². The highest BCUT2D eigenvalue weighted by Crippen LogP contribution is 2.40. The number of imide groups is 1. The van der Waals surface area contributed by atoms with Crippen LogP contribution in [0.5, 0.6) is 0 Å². The summed E-state index contributed by atoms with van der Waals surface area (Å²) < 4.78 is 0. The molecule has 0 atom stereocenters. The molecule has 1 aliphatic rings. The molecule has 0 saturated heterocycles. The van der Waals surface area contributed by atoms with E-state index in [1.807, 2.05) is 67.8 Å². The maximum atomic E-state index is 13.3. The van der Waals surface area contributed by atoms with Gasteiger partial charge in [-0.1, -0.05) is 43.3 Å². The Morgan fingerprint density at radius 2 is 1.21 bits per heavy atom. The molecule has 0 aliphatic carbocycles. The first-order valence-corrected chi connectivity index (χ1v) is 9.44. The fourth-order valence-corrected chi connectivity index (χ4v) is 4.06. The van der Waals surface area contributed by atoms with Crippen LogP contribution in [0.2, 0.25) is 0 Å². The molecule has 3 heterocycles. The highest BCUT2D eigenvalue weighted by molar-refractivity contribution is 6.50. The lowest BCUT2D eigenvalue weighted by Crippen LogP contribution is -2.32. The van der Waals surface area contributed by atoms with Crippen LogP contribution >= 0.6 is 0 Å². The van der Waals surface area contributed by atoms with E-state index in [2.05, 4.69) is 9.97 Å². The Labute approximate surface area is 161 Å². The molecule has 5 heteroatoms. The zero-order valence-corrected chi connectivity index (χ0v) is 15.5. The Kier molecular flexibility index (Phi) is 3.69. The fourth-order valence-electron chi connectivity index (χ4n) is 4.06.